The molecule has 1 saturated heterocycles. The smallest absolute Gasteiger partial charge is 0.168 e. The average Bonchev–Trinajstić information content (AvgIpc) is 2.75. The molecule has 0 aromatic rings. The van der Waals surface area contributed by atoms with E-state index in [0.29, 0.717) is 12.4 Å². The Kier molecular flexibility index (Phi) is 5.17. The zero-order chi connectivity index (χ0) is 13.7. The van der Waals surface area contributed by atoms with Gasteiger partial charge in [-0.1, -0.05) is 26.3 Å². The second-order valence-electron chi connectivity index (χ2n) is 5.62. The van der Waals surface area contributed by atoms with Crippen LogP contribution in [0, 0.1) is 0 Å². The molecule has 1 aliphatic carbocycles. The summed E-state index contributed by atoms with van der Waals surface area (Å²) in [5.74, 6) is -0.0370. The van der Waals surface area contributed by atoms with Gasteiger partial charge in [-0.25, -0.2) is 0 Å². The Balaban J connectivity index is 1.90. The predicted molar refractivity (Wildman–Crippen MR) is 74.9 cm³/mol. The molecule has 108 valence electrons. The minimum absolute atomic E-state index is 0.114. The number of carbonyl (C=O) groups excluding carboxylic acids is 1. The number of carbonyl (C=O) groups is 1. The van der Waals surface area contributed by atoms with Gasteiger partial charge in [0.2, 0.25) is 0 Å². The summed E-state index contributed by atoms with van der Waals surface area (Å²) >= 11 is 0. The van der Waals surface area contributed by atoms with E-state index in [1.165, 1.54) is 6.42 Å². The molecular formula is C16H26O3. The van der Waals surface area contributed by atoms with Crippen molar-refractivity contribution in [1.29, 1.82) is 0 Å². The monoisotopic (exact) mass is 266 g/mol. The van der Waals surface area contributed by atoms with Crippen molar-refractivity contribution >= 4 is 5.78 Å². The summed E-state index contributed by atoms with van der Waals surface area (Å²) in [6, 6.07) is 0. The fraction of sp³-hybridized carbons (Fsp3) is 0.812. The fourth-order valence-corrected chi connectivity index (χ4v) is 2.92. The lowest BCUT2D eigenvalue weighted by atomic mass is 10.0. The van der Waals surface area contributed by atoms with E-state index in [4.69, 9.17) is 9.47 Å². The first-order chi connectivity index (χ1) is 9.19. The summed E-state index contributed by atoms with van der Waals surface area (Å²) in [5.41, 5.74) is 1.02. The van der Waals surface area contributed by atoms with Crippen LogP contribution in [0.4, 0.5) is 0 Å². The van der Waals surface area contributed by atoms with Gasteiger partial charge in [-0.15, -0.1) is 0 Å². The standard InChI is InChI=1S/C16H26O3/c1-3-16(4-2)18-12-14(19-16)11-10-13-8-6-5-7-9-15(13)17/h10,14H,3-9,11-12H2,1-2H3/b13-10-. The zero-order valence-corrected chi connectivity index (χ0v) is 12.2. The second kappa shape index (κ2) is 6.67. The SMILES string of the molecule is CCC1(CC)OCC(C/C=C2/CCCCCC2=O)O1. The van der Waals surface area contributed by atoms with Gasteiger partial charge in [-0.05, 0) is 44.1 Å². The van der Waals surface area contributed by atoms with E-state index < -0.39 is 0 Å². The fourth-order valence-electron chi connectivity index (χ4n) is 2.92. The lowest BCUT2D eigenvalue weighted by Gasteiger charge is -2.24. The van der Waals surface area contributed by atoms with Gasteiger partial charge in [-0.3, -0.25) is 4.79 Å². The molecule has 1 saturated carbocycles. The maximum atomic E-state index is 11.9. The molecule has 0 radical (unpaired) electrons. The van der Waals surface area contributed by atoms with E-state index in [9.17, 15) is 4.79 Å². The molecule has 3 heteroatoms. The van der Waals surface area contributed by atoms with Gasteiger partial charge in [0.1, 0.15) is 0 Å². The first kappa shape index (κ1) is 14.7. The number of Topliss-reactive ketones (excluding diaryl/α,β-unsaturated/α-hetero) is 1. The normalized spacial score (nSPS) is 29.7. The minimum Gasteiger partial charge on any atom is -0.347 e. The quantitative estimate of drug-likeness (QED) is 0.574. The van der Waals surface area contributed by atoms with Gasteiger partial charge in [0, 0.05) is 6.42 Å². The topological polar surface area (TPSA) is 35.5 Å². The molecule has 0 aromatic carbocycles. The largest absolute Gasteiger partial charge is 0.347 e. The van der Waals surface area contributed by atoms with E-state index >= 15 is 0 Å². The van der Waals surface area contributed by atoms with Gasteiger partial charge in [0.15, 0.2) is 11.6 Å². The Morgan fingerprint density at radius 2 is 1.95 bits per heavy atom. The van der Waals surface area contributed by atoms with Crippen molar-refractivity contribution in [3.05, 3.63) is 11.6 Å². The molecule has 0 N–H and O–H groups in total. The molecule has 1 atom stereocenters. The lowest BCUT2D eigenvalue weighted by molar-refractivity contribution is -0.171. The van der Waals surface area contributed by atoms with E-state index in [-0.39, 0.29) is 11.9 Å². The van der Waals surface area contributed by atoms with Crippen LogP contribution in [-0.2, 0) is 14.3 Å². The average molecular weight is 266 g/mol. The highest BCUT2D eigenvalue weighted by Gasteiger charge is 2.37. The van der Waals surface area contributed by atoms with Crippen LogP contribution in [0.25, 0.3) is 0 Å². The van der Waals surface area contributed by atoms with Gasteiger partial charge in [0.25, 0.3) is 0 Å². The van der Waals surface area contributed by atoms with Crippen LogP contribution in [-0.4, -0.2) is 24.3 Å². The van der Waals surface area contributed by atoms with Crippen LogP contribution in [0.5, 0.6) is 0 Å². The van der Waals surface area contributed by atoms with Crippen LogP contribution in [0.2, 0.25) is 0 Å². The molecule has 2 rings (SSSR count). The minimum atomic E-state index is -0.378. The van der Waals surface area contributed by atoms with Crippen molar-refractivity contribution in [2.45, 2.75) is 77.1 Å². The van der Waals surface area contributed by atoms with Crippen LogP contribution in [0.1, 0.15) is 65.2 Å². The van der Waals surface area contributed by atoms with Crippen molar-refractivity contribution in [3.8, 4) is 0 Å². The summed E-state index contributed by atoms with van der Waals surface area (Å²) in [7, 11) is 0. The molecule has 1 unspecified atom stereocenters. The van der Waals surface area contributed by atoms with Gasteiger partial charge in [-0.2, -0.15) is 0 Å². The Bertz CT molecular complexity index is 342. The maximum Gasteiger partial charge on any atom is 0.168 e. The molecule has 0 amide bonds. The number of hydrogen-bond donors (Lipinski definition) is 0. The zero-order valence-electron chi connectivity index (χ0n) is 12.2. The van der Waals surface area contributed by atoms with E-state index in [1.807, 2.05) is 0 Å². The predicted octanol–water partition coefficient (Wildman–Crippen LogP) is 3.77. The lowest BCUT2D eigenvalue weighted by Crippen LogP contribution is -2.28. The molecule has 3 nitrogen and oxygen atoms in total. The molecule has 2 fully saturated rings. The highest BCUT2D eigenvalue weighted by Crippen LogP contribution is 2.32. The summed E-state index contributed by atoms with van der Waals surface area (Å²) in [5, 5.41) is 0. The molecule has 19 heavy (non-hydrogen) atoms. The highest BCUT2D eigenvalue weighted by molar-refractivity contribution is 5.95. The highest BCUT2D eigenvalue weighted by atomic mass is 16.7. The summed E-state index contributed by atoms with van der Waals surface area (Å²) in [4.78, 5) is 11.9. The first-order valence-corrected chi connectivity index (χ1v) is 7.73. The Morgan fingerprint density at radius 1 is 1.21 bits per heavy atom. The molecule has 0 aromatic heterocycles. The van der Waals surface area contributed by atoms with Crippen LogP contribution < -0.4 is 0 Å². The van der Waals surface area contributed by atoms with Gasteiger partial charge >= 0.3 is 0 Å². The summed E-state index contributed by atoms with van der Waals surface area (Å²) < 4.78 is 11.8. The van der Waals surface area contributed by atoms with E-state index in [2.05, 4.69) is 19.9 Å². The van der Waals surface area contributed by atoms with Crippen molar-refractivity contribution in [2.75, 3.05) is 6.61 Å². The molecule has 1 aliphatic heterocycles. The van der Waals surface area contributed by atoms with Crippen LogP contribution in [0.3, 0.4) is 0 Å². The molecule has 0 bridgehead atoms. The Labute approximate surface area is 116 Å². The molecule has 2 aliphatic rings. The van der Waals surface area contributed by atoms with Gasteiger partial charge in [0.05, 0.1) is 12.7 Å². The number of allylic oxidation sites excluding steroid dienone is 1. The molecular weight excluding hydrogens is 240 g/mol. The number of hydrogen-bond acceptors (Lipinski definition) is 3. The van der Waals surface area contributed by atoms with Crippen LogP contribution >= 0.6 is 0 Å². The third kappa shape index (κ3) is 3.67. The summed E-state index contributed by atoms with van der Waals surface area (Å²) in [6.45, 7) is 4.85. The van der Waals surface area contributed by atoms with Crippen molar-refractivity contribution < 1.29 is 14.3 Å². The first-order valence-electron chi connectivity index (χ1n) is 7.73. The summed E-state index contributed by atoms with van der Waals surface area (Å²) in [6.07, 6.45) is 9.84. The van der Waals surface area contributed by atoms with Crippen molar-refractivity contribution in [3.63, 3.8) is 0 Å². The second-order valence-corrected chi connectivity index (χ2v) is 5.62. The van der Waals surface area contributed by atoms with Crippen LogP contribution in [0.15, 0.2) is 11.6 Å². The number of ether oxygens (including phenoxy) is 2. The van der Waals surface area contributed by atoms with Crippen molar-refractivity contribution in [2.24, 2.45) is 0 Å². The van der Waals surface area contributed by atoms with E-state index in [0.717, 1.165) is 50.5 Å². The molecule has 0 spiro atoms. The Hall–Kier alpha value is -0.670. The Morgan fingerprint density at radius 3 is 2.63 bits per heavy atom. The number of ketones is 1. The third-order valence-corrected chi connectivity index (χ3v) is 4.33. The van der Waals surface area contributed by atoms with Gasteiger partial charge < -0.3 is 9.47 Å². The van der Waals surface area contributed by atoms with E-state index in [1.54, 1.807) is 0 Å². The third-order valence-electron chi connectivity index (χ3n) is 4.33. The number of rotatable bonds is 4. The van der Waals surface area contributed by atoms with Crippen molar-refractivity contribution in [1.82, 2.24) is 0 Å². The molecule has 1 heterocycles. The maximum absolute atomic E-state index is 11.9.